The lowest BCUT2D eigenvalue weighted by Gasteiger charge is -2.37. The van der Waals surface area contributed by atoms with E-state index in [1.165, 1.54) is 43.4 Å². The van der Waals surface area contributed by atoms with Crippen LogP contribution in [0.2, 0.25) is 0 Å². The Morgan fingerprint density at radius 1 is 1.00 bits per heavy atom. The van der Waals surface area contributed by atoms with Crippen molar-refractivity contribution in [1.82, 2.24) is 14.4 Å². The number of benzene rings is 1. The van der Waals surface area contributed by atoms with Crippen molar-refractivity contribution in [2.24, 2.45) is 0 Å². The first-order valence-electron chi connectivity index (χ1n) is 11.7. The third-order valence-corrected chi connectivity index (χ3v) is 6.59. The molecule has 2 heterocycles. The van der Waals surface area contributed by atoms with Crippen LogP contribution in [0.4, 0.5) is 0 Å². The molecule has 2 aliphatic rings. The molecule has 1 saturated heterocycles. The summed E-state index contributed by atoms with van der Waals surface area (Å²) in [5, 5.41) is 10.9. The van der Waals surface area contributed by atoms with Crippen LogP contribution in [0.3, 0.4) is 0 Å². The van der Waals surface area contributed by atoms with E-state index in [4.69, 9.17) is 4.74 Å². The molecule has 0 radical (unpaired) electrons. The van der Waals surface area contributed by atoms with Gasteiger partial charge < -0.3 is 14.4 Å². The molecule has 4 rings (SSSR count). The van der Waals surface area contributed by atoms with Crippen LogP contribution in [0.25, 0.3) is 0 Å². The van der Waals surface area contributed by atoms with Crippen LogP contribution in [0, 0.1) is 0 Å². The Morgan fingerprint density at radius 2 is 1.77 bits per heavy atom. The summed E-state index contributed by atoms with van der Waals surface area (Å²) in [4.78, 5) is 4.90. The number of rotatable bonds is 9. The van der Waals surface area contributed by atoms with Gasteiger partial charge in [0.25, 0.3) is 0 Å². The second kappa shape index (κ2) is 11.1. The summed E-state index contributed by atoms with van der Waals surface area (Å²) in [6.07, 6.45) is 8.35. The van der Waals surface area contributed by atoms with Crippen LogP contribution in [0.5, 0.6) is 0 Å². The molecule has 1 unspecified atom stereocenters. The van der Waals surface area contributed by atoms with Crippen molar-refractivity contribution >= 4 is 0 Å². The molecule has 1 aliphatic heterocycles. The van der Waals surface area contributed by atoms with Crippen molar-refractivity contribution in [1.29, 1.82) is 0 Å². The summed E-state index contributed by atoms with van der Waals surface area (Å²) in [7, 11) is 0. The predicted molar refractivity (Wildman–Crippen MR) is 121 cm³/mol. The van der Waals surface area contributed by atoms with Gasteiger partial charge in [0.1, 0.15) is 0 Å². The Bertz CT molecular complexity index is 736. The van der Waals surface area contributed by atoms with E-state index in [0.29, 0.717) is 6.04 Å². The van der Waals surface area contributed by atoms with Crippen molar-refractivity contribution in [3.8, 4) is 0 Å². The van der Waals surface area contributed by atoms with Gasteiger partial charge >= 0.3 is 0 Å². The molecule has 30 heavy (non-hydrogen) atoms. The Morgan fingerprint density at radius 3 is 2.53 bits per heavy atom. The van der Waals surface area contributed by atoms with Gasteiger partial charge in [0.15, 0.2) is 0 Å². The van der Waals surface area contributed by atoms with Gasteiger partial charge in [0, 0.05) is 57.2 Å². The van der Waals surface area contributed by atoms with Crippen LogP contribution in [0.15, 0.2) is 48.7 Å². The zero-order valence-electron chi connectivity index (χ0n) is 18.2. The summed E-state index contributed by atoms with van der Waals surface area (Å²) in [5.41, 5.74) is 2.66. The number of hydrogen-bond acceptors (Lipinski definition) is 4. The number of aliphatic hydroxyl groups excluding tert-OH is 1. The first-order valence-corrected chi connectivity index (χ1v) is 11.7. The number of hydrogen-bond donors (Lipinski definition) is 1. The van der Waals surface area contributed by atoms with Crippen LogP contribution < -0.4 is 0 Å². The zero-order valence-corrected chi connectivity index (χ0v) is 18.2. The summed E-state index contributed by atoms with van der Waals surface area (Å²) in [5.74, 6) is 0. The molecule has 0 bridgehead atoms. The fraction of sp³-hybridized carbons (Fsp3) is 0.600. The second-order valence-electron chi connectivity index (χ2n) is 8.90. The minimum atomic E-state index is -0.317. The van der Waals surface area contributed by atoms with Crippen LogP contribution in [-0.4, -0.2) is 71.0 Å². The number of morpholine rings is 1. The molecule has 1 saturated carbocycles. The van der Waals surface area contributed by atoms with E-state index in [1.54, 1.807) is 0 Å². The van der Waals surface area contributed by atoms with Gasteiger partial charge in [0.05, 0.1) is 19.3 Å². The minimum absolute atomic E-state index is 0.317. The molecule has 164 valence electrons. The van der Waals surface area contributed by atoms with Crippen LogP contribution in [0.1, 0.15) is 43.4 Å². The fourth-order valence-corrected chi connectivity index (χ4v) is 4.93. The Hall–Kier alpha value is -1.66. The molecule has 5 heteroatoms. The molecule has 1 atom stereocenters. The fourth-order valence-electron chi connectivity index (χ4n) is 4.93. The molecule has 2 fully saturated rings. The molecule has 5 nitrogen and oxygen atoms in total. The van der Waals surface area contributed by atoms with Crippen LogP contribution >= 0.6 is 0 Å². The molecule has 0 amide bonds. The normalized spacial score (nSPS) is 19.9. The summed E-state index contributed by atoms with van der Waals surface area (Å²) in [6.45, 7) is 6.73. The van der Waals surface area contributed by atoms with Crippen molar-refractivity contribution < 1.29 is 9.84 Å². The number of ether oxygens (including phenoxy) is 1. The topological polar surface area (TPSA) is 40.9 Å². The van der Waals surface area contributed by atoms with E-state index in [9.17, 15) is 5.11 Å². The lowest BCUT2D eigenvalue weighted by atomic mass is 9.93. The van der Waals surface area contributed by atoms with E-state index >= 15 is 0 Å². The maximum atomic E-state index is 10.9. The van der Waals surface area contributed by atoms with Crippen LogP contribution in [-0.2, 0) is 17.8 Å². The highest BCUT2D eigenvalue weighted by Crippen LogP contribution is 2.25. The number of β-amino-alcohol motifs (C(OH)–C–C–N with tert-alkyl or cyclic N) is 1. The summed E-state index contributed by atoms with van der Waals surface area (Å²) >= 11 is 0. The zero-order chi connectivity index (χ0) is 20.6. The van der Waals surface area contributed by atoms with E-state index in [0.717, 1.165) is 52.5 Å². The summed E-state index contributed by atoms with van der Waals surface area (Å²) < 4.78 is 7.81. The van der Waals surface area contributed by atoms with Gasteiger partial charge in [-0.05, 0) is 30.5 Å². The first kappa shape index (κ1) is 21.6. The third-order valence-electron chi connectivity index (χ3n) is 6.59. The standard InChI is InChI=1S/C25H37N3O2/c29-25(20-26-14-16-30-17-15-26)21-28(23-10-5-2-6-11-23)19-24-12-7-13-27(24)18-22-8-3-1-4-9-22/h1,3-4,7-9,12-13,23,25,29H,2,5-6,10-11,14-21H2. The Kier molecular flexibility index (Phi) is 7.98. The first-order chi connectivity index (χ1) is 14.8. The van der Waals surface area contributed by atoms with Crippen molar-refractivity contribution in [2.75, 3.05) is 39.4 Å². The predicted octanol–water partition coefficient (Wildman–Crippen LogP) is 3.36. The van der Waals surface area contributed by atoms with Gasteiger partial charge in [-0.25, -0.2) is 0 Å². The molecule has 1 aromatic heterocycles. The Labute approximate surface area is 181 Å². The largest absolute Gasteiger partial charge is 0.390 e. The number of aromatic nitrogens is 1. The van der Waals surface area contributed by atoms with Gasteiger partial charge in [-0.2, -0.15) is 0 Å². The molecule has 1 aromatic carbocycles. The molecular weight excluding hydrogens is 374 g/mol. The third kappa shape index (κ3) is 6.17. The average molecular weight is 412 g/mol. The quantitative estimate of drug-likeness (QED) is 0.687. The van der Waals surface area contributed by atoms with Crippen molar-refractivity contribution in [2.45, 2.75) is 57.3 Å². The van der Waals surface area contributed by atoms with Gasteiger partial charge in [-0.1, -0.05) is 49.6 Å². The maximum Gasteiger partial charge on any atom is 0.0794 e. The SMILES string of the molecule is OC(CN1CCOCC1)CN(Cc1cccn1Cc1ccccc1)C1CCCCC1. The maximum absolute atomic E-state index is 10.9. The highest BCUT2D eigenvalue weighted by molar-refractivity contribution is 5.17. The number of nitrogens with zero attached hydrogens (tertiary/aromatic N) is 3. The van der Waals surface area contributed by atoms with E-state index < -0.39 is 0 Å². The van der Waals surface area contributed by atoms with Gasteiger partial charge in [-0.3, -0.25) is 9.80 Å². The lowest BCUT2D eigenvalue weighted by molar-refractivity contribution is -0.000615. The highest BCUT2D eigenvalue weighted by Gasteiger charge is 2.25. The number of aliphatic hydroxyl groups is 1. The second-order valence-corrected chi connectivity index (χ2v) is 8.90. The van der Waals surface area contributed by atoms with Gasteiger partial charge in [-0.15, -0.1) is 0 Å². The molecule has 0 spiro atoms. The van der Waals surface area contributed by atoms with Gasteiger partial charge in [0.2, 0.25) is 0 Å². The Balaban J connectivity index is 1.42. The van der Waals surface area contributed by atoms with E-state index in [-0.39, 0.29) is 6.10 Å². The van der Waals surface area contributed by atoms with Crippen molar-refractivity contribution in [3.05, 3.63) is 59.9 Å². The minimum Gasteiger partial charge on any atom is -0.390 e. The molecule has 2 aromatic rings. The lowest BCUT2D eigenvalue weighted by Crippen LogP contribution is -2.47. The van der Waals surface area contributed by atoms with E-state index in [1.807, 2.05) is 0 Å². The summed E-state index contributed by atoms with van der Waals surface area (Å²) in [6, 6.07) is 15.6. The average Bonchev–Trinajstić information content (AvgIpc) is 3.22. The van der Waals surface area contributed by atoms with Crippen molar-refractivity contribution in [3.63, 3.8) is 0 Å². The molecule has 1 aliphatic carbocycles. The molecule has 1 N–H and O–H groups in total. The molecular formula is C25H37N3O2. The van der Waals surface area contributed by atoms with E-state index in [2.05, 4.69) is 63.0 Å². The highest BCUT2D eigenvalue weighted by atomic mass is 16.5. The smallest absolute Gasteiger partial charge is 0.0794 e. The monoisotopic (exact) mass is 411 g/mol.